The Morgan fingerprint density at radius 3 is 2.33 bits per heavy atom. The third-order valence-electron chi connectivity index (χ3n) is 1.74. The average molecular weight is 168 g/mol. The number of hydrogen-bond donors (Lipinski definition) is 0. The molecule has 0 amide bonds. The number of rotatable bonds is 6. The summed E-state index contributed by atoms with van der Waals surface area (Å²) in [5.41, 5.74) is 0. The minimum atomic E-state index is 0.281. The lowest BCUT2D eigenvalue weighted by Gasteiger charge is -1.98. The number of hydrogen-bond acceptors (Lipinski definition) is 1. The van der Waals surface area contributed by atoms with E-state index in [2.05, 4.69) is 26.0 Å². The molecule has 0 spiro atoms. The highest BCUT2D eigenvalue weighted by Crippen LogP contribution is 2.04. The van der Waals surface area contributed by atoms with Crippen LogP contribution in [-0.4, -0.2) is 5.78 Å². The van der Waals surface area contributed by atoms with E-state index in [4.69, 9.17) is 0 Å². The Hall–Kier alpha value is -0.590. The number of ketones is 1. The first-order chi connectivity index (χ1) is 5.63. The van der Waals surface area contributed by atoms with Gasteiger partial charge in [0.05, 0.1) is 0 Å². The molecular weight excluding hydrogens is 148 g/mol. The molecule has 0 aliphatic carbocycles. The largest absolute Gasteiger partial charge is 0.300 e. The molecule has 0 aliphatic rings. The van der Waals surface area contributed by atoms with Crippen molar-refractivity contribution < 1.29 is 4.79 Å². The van der Waals surface area contributed by atoms with Crippen LogP contribution < -0.4 is 0 Å². The predicted octanol–water partition coefficient (Wildman–Crippen LogP) is 3.35. The molecule has 1 nitrogen and oxygen atoms in total. The molecule has 70 valence electrons. The molecule has 0 N–H and O–H groups in total. The van der Waals surface area contributed by atoms with Gasteiger partial charge in [-0.25, -0.2) is 0 Å². The highest BCUT2D eigenvalue weighted by Gasteiger charge is 1.90. The predicted molar refractivity (Wildman–Crippen MR) is 53.1 cm³/mol. The van der Waals surface area contributed by atoms with Gasteiger partial charge in [0.25, 0.3) is 0 Å². The zero-order valence-corrected chi connectivity index (χ0v) is 8.47. The number of carbonyl (C=O) groups excluding carboxylic acids is 1. The Kier molecular flexibility index (Phi) is 6.73. The van der Waals surface area contributed by atoms with Gasteiger partial charge in [0, 0.05) is 6.42 Å². The molecule has 0 fully saturated rings. The molecule has 0 saturated heterocycles. The van der Waals surface area contributed by atoms with Crippen LogP contribution >= 0.6 is 0 Å². The average Bonchev–Trinajstić information content (AvgIpc) is 1.95. The molecule has 0 heterocycles. The third-order valence-corrected chi connectivity index (χ3v) is 1.74. The summed E-state index contributed by atoms with van der Waals surface area (Å²) in [4.78, 5) is 10.6. The number of Topliss-reactive ketones (excluding diaryl/α,β-unsaturated/α-hetero) is 1. The lowest BCUT2D eigenvalue weighted by molar-refractivity contribution is -0.116. The lowest BCUT2D eigenvalue weighted by atomic mass is 10.1. The Bertz CT molecular complexity index is 145. The smallest absolute Gasteiger partial charge is 0.130 e. The fourth-order valence-electron chi connectivity index (χ4n) is 0.952. The van der Waals surface area contributed by atoms with Gasteiger partial charge in [-0.05, 0) is 32.1 Å². The van der Waals surface area contributed by atoms with Crippen molar-refractivity contribution in [2.75, 3.05) is 0 Å². The van der Waals surface area contributed by atoms with E-state index in [-0.39, 0.29) is 5.78 Å². The first-order valence-corrected chi connectivity index (χ1v) is 4.77. The van der Waals surface area contributed by atoms with Crippen molar-refractivity contribution in [3.8, 4) is 0 Å². The SMILES string of the molecule is CC(=O)CC/C=C/CCC(C)C. The summed E-state index contributed by atoms with van der Waals surface area (Å²) in [6.07, 6.45) is 8.30. The van der Waals surface area contributed by atoms with E-state index in [0.717, 1.165) is 18.8 Å². The fraction of sp³-hybridized carbons (Fsp3) is 0.727. The maximum Gasteiger partial charge on any atom is 0.130 e. The van der Waals surface area contributed by atoms with Gasteiger partial charge in [-0.2, -0.15) is 0 Å². The van der Waals surface area contributed by atoms with E-state index in [9.17, 15) is 4.79 Å². The van der Waals surface area contributed by atoms with Crippen molar-refractivity contribution in [2.24, 2.45) is 5.92 Å². The van der Waals surface area contributed by atoms with Crippen LogP contribution in [0.15, 0.2) is 12.2 Å². The summed E-state index contributed by atoms with van der Waals surface area (Å²) in [5.74, 6) is 1.06. The molecule has 0 aromatic heterocycles. The van der Waals surface area contributed by atoms with Gasteiger partial charge in [0.1, 0.15) is 5.78 Å². The van der Waals surface area contributed by atoms with Gasteiger partial charge in [-0.1, -0.05) is 26.0 Å². The Morgan fingerprint density at radius 1 is 1.25 bits per heavy atom. The Labute approximate surface area is 75.9 Å². The fourth-order valence-corrected chi connectivity index (χ4v) is 0.952. The van der Waals surface area contributed by atoms with Crippen molar-refractivity contribution in [2.45, 2.75) is 46.5 Å². The summed E-state index contributed by atoms with van der Waals surface area (Å²) in [5, 5.41) is 0. The van der Waals surface area contributed by atoms with Crippen LogP contribution in [0.3, 0.4) is 0 Å². The molecule has 0 atom stereocenters. The lowest BCUT2D eigenvalue weighted by Crippen LogP contribution is -1.87. The molecular formula is C11H20O. The van der Waals surface area contributed by atoms with Crippen LogP contribution in [0.25, 0.3) is 0 Å². The summed E-state index contributed by atoms with van der Waals surface area (Å²) in [7, 11) is 0. The van der Waals surface area contributed by atoms with Crippen LogP contribution in [0.5, 0.6) is 0 Å². The molecule has 1 heteroatoms. The minimum Gasteiger partial charge on any atom is -0.300 e. The molecule has 12 heavy (non-hydrogen) atoms. The van der Waals surface area contributed by atoms with Gasteiger partial charge in [-0.3, -0.25) is 0 Å². The van der Waals surface area contributed by atoms with E-state index >= 15 is 0 Å². The molecule has 0 bridgehead atoms. The van der Waals surface area contributed by atoms with Crippen molar-refractivity contribution in [3.63, 3.8) is 0 Å². The standard InChI is InChI=1S/C11H20O/c1-10(2)8-6-4-5-7-9-11(3)12/h4-5,10H,6-9H2,1-3H3/b5-4+. The first-order valence-electron chi connectivity index (χ1n) is 4.77. The second-order valence-corrected chi connectivity index (χ2v) is 3.68. The topological polar surface area (TPSA) is 17.1 Å². The highest BCUT2D eigenvalue weighted by atomic mass is 16.1. The van der Waals surface area contributed by atoms with E-state index in [1.165, 1.54) is 6.42 Å². The highest BCUT2D eigenvalue weighted by molar-refractivity contribution is 5.75. The van der Waals surface area contributed by atoms with Gasteiger partial charge in [0.2, 0.25) is 0 Å². The molecule has 0 aromatic rings. The van der Waals surface area contributed by atoms with Gasteiger partial charge in [-0.15, -0.1) is 0 Å². The quantitative estimate of drug-likeness (QED) is 0.556. The van der Waals surface area contributed by atoms with Crippen molar-refractivity contribution in [1.82, 2.24) is 0 Å². The van der Waals surface area contributed by atoms with E-state index < -0.39 is 0 Å². The molecule has 0 radical (unpaired) electrons. The van der Waals surface area contributed by atoms with Crippen LogP contribution in [0.4, 0.5) is 0 Å². The zero-order valence-electron chi connectivity index (χ0n) is 8.47. The summed E-state index contributed by atoms with van der Waals surface area (Å²) in [6.45, 7) is 6.09. The Balaban J connectivity index is 3.20. The van der Waals surface area contributed by atoms with Crippen LogP contribution in [0.1, 0.15) is 46.5 Å². The summed E-state index contributed by atoms with van der Waals surface area (Å²) in [6, 6.07) is 0. The van der Waals surface area contributed by atoms with E-state index in [1.54, 1.807) is 6.92 Å². The van der Waals surface area contributed by atoms with Crippen molar-refractivity contribution in [3.05, 3.63) is 12.2 Å². The molecule has 0 unspecified atom stereocenters. The molecule has 0 rings (SSSR count). The normalized spacial score (nSPS) is 11.3. The second kappa shape index (κ2) is 7.08. The molecule has 0 aromatic carbocycles. The molecule has 0 saturated carbocycles. The Morgan fingerprint density at radius 2 is 1.83 bits per heavy atom. The van der Waals surface area contributed by atoms with Crippen molar-refractivity contribution >= 4 is 5.78 Å². The number of carbonyl (C=O) groups is 1. The van der Waals surface area contributed by atoms with Crippen LogP contribution in [0, 0.1) is 5.92 Å². The zero-order chi connectivity index (χ0) is 9.40. The van der Waals surface area contributed by atoms with E-state index in [1.807, 2.05) is 0 Å². The third kappa shape index (κ3) is 9.41. The summed E-state index contributed by atoms with van der Waals surface area (Å²) >= 11 is 0. The monoisotopic (exact) mass is 168 g/mol. The van der Waals surface area contributed by atoms with Crippen molar-refractivity contribution in [1.29, 1.82) is 0 Å². The van der Waals surface area contributed by atoms with Gasteiger partial charge < -0.3 is 4.79 Å². The molecule has 0 aliphatic heterocycles. The van der Waals surface area contributed by atoms with Gasteiger partial charge >= 0.3 is 0 Å². The van der Waals surface area contributed by atoms with Gasteiger partial charge in [0.15, 0.2) is 0 Å². The number of allylic oxidation sites excluding steroid dienone is 2. The maximum absolute atomic E-state index is 10.6. The second-order valence-electron chi connectivity index (χ2n) is 3.68. The van der Waals surface area contributed by atoms with Crippen LogP contribution in [0.2, 0.25) is 0 Å². The maximum atomic E-state index is 10.6. The summed E-state index contributed by atoms with van der Waals surface area (Å²) < 4.78 is 0. The van der Waals surface area contributed by atoms with Crippen LogP contribution in [-0.2, 0) is 4.79 Å². The minimum absolute atomic E-state index is 0.281. The first kappa shape index (κ1) is 11.4. The van der Waals surface area contributed by atoms with E-state index in [0.29, 0.717) is 6.42 Å².